The molecular weight excluding hydrogens is 904 g/mol. The summed E-state index contributed by atoms with van der Waals surface area (Å²) >= 11 is 0. The molecule has 366 valence electrons. The molecule has 0 saturated heterocycles. The lowest BCUT2D eigenvalue weighted by molar-refractivity contribution is -0.00100. The van der Waals surface area contributed by atoms with Gasteiger partial charge < -0.3 is 14.1 Å². The minimum atomic E-state index is -3.67. The molecule has 0 saturated carbocycles. The molecular formula is C57H59B2F8NO2. The van der Waals surface area contributed by atoms with E-state index in [0.717, 1.165) is 34.2 Å². The first kappa shape index (κ1) is 56.1. The fourth-order valence-electron chi connectivity index (χ4n) is 8.59. The summed E-state index contributed by atoms with van der Waals surface area (Å²) in [4.78, 5) is 0. The zero-order chi connectivity index (χ0) is 49.2. The van der Waals surface area contributed by atoms with Gasteiger partial charge in [0.05, 0.1) is 18.6 Å². The lowest BCUT2D eigenvalue weighted by Crippen LogP contribution is -3.00. The summed E-state index contributed by atoms with van der Waals surface area (Å²) in [5, 5.41) is 2.80. The SMILES string of the molecule is Cc1cc(-c2ccc(C)c(C)c2)cc(-c2ccc(C)c(C)c2)[o+]1.Cc1ccc(C2=CC(=CC=c3cc4c5c(c3)CCC[N+]=5CCC4)OC(c3ccc(C)c(C)c3)=C2)cc1C.FB(F)F.FB(F)F.[F-].[F-]. The predicted octanol–water partition coefficient (Wildman–Crippen LogP) is 8.33. The summed E-state index contributed by atoms with van der Waals surface area (Å²) in [6, 6.07) is 35.4. The third-order valence-corrected chi connectivity index (χ3v) is 12.8. The quantitative estimate of drug-likeness (QED) is 0.0752. The molecule has 0 amide bonds. The van der Waals surface area contributed by atoms with Crippen LogP contribution in [-0.4, -0.2) is 28.2 Å². The molecule has 5 aromatic carbocycles. The fraction of sp³-hybridized carbons (Fsp3) is 0.263. The second-order valence-electron chi connectivity index (χ2n) is 17.8. The van der Waals surface area contributed by atoms with Gasteiger partial charge in [0.2, 0.25) is 5.36 Å². The Labute approximate surface area is 407 Å². The minimum Gasteiger partial charge on any atom is -1.00 e. The topological polar surface area (TPSA) is 23.5 Å². The smallest absolute Gasteiger partial charge is 0.762 e. The molecule has 0 aliphatic carbocycles. The highest BCUT2D eigenvalue weighted by atomic mass is 19.4. The van der Waals surface area contributed by atoms with Crippen LogP contribution in [0.1, 0.15) is 85.4 Å². The van der Waals surface area contributed by atoms with Gasteiger partial charge in [-0.1, -0.05) is 60.7 Å². The van der Waals surface area contributed by atoms with E-state index < -0.39 is 15.1 Å². The number of rotatable bonds is 5. The molecule has 13 heteroatoms. The first-order valence-corrected chi connectivity index (χ1v) is 23.0. The fourth-order valence-corrected chi connectivity index (χ4v) is 8.59. The molecule has 0 spiro atoms. The molecule has 3 nitrogen and oxygen atoms in total. The Morgan fingerprint density at radius 2 is 0.929 bits per heavy atom. The Balaban J connectivity index is 0.000000277. The minimum absolute atomic E-state index is 0. The van der Waals surface area contributed by atoms with Crippen molar-refractivity contribution in [2.75, 3.05) is 13.1 Å². The van der Waals surface area contributed by atoms with Crippen LogP contribution in [0, 0.1) is 62.3 Å². The summed E-state index contributed by atoms with van der Waals surface area (Å²) < 4.78 is 73.1. The van der Waals surface area contributed by atoms with Crippen LogP contribution < -0.4 is 24.6 Å². The van der Waals surface area contributed by atoms with E-state index in [1.54, 1.807) is 0 Å². The molecule has 70 heavy (non-hydrogen) atoms. The van der Waals surface area contributed by atoms with Crippen LogP contribution in [0.2, 0.25) is 0 Å². The highest BCUT2D eigenvalue weighted by molar-refractivity contribution is 6.33. The van der Waals surface area contributed by atoms with Crippen molar-refractivity contribution in [1.29, 1.82) is 0 Å². The molecule has 0 bridgehead atoms. The number of allylic oxidation sites excluding steroid dienone is 4. The van der Waals surface area contributed by atoms with Crippen LogP contribution in [0.4, 0.5) is 25.9 Å². The molecule has 6 aromatic rings. The summed E-state index contributed by atoms with van der Waals surface area (Å²) in [6.45, 7) is 21.7. The Morgan fingerprint density at radius 3 is 1.44 bits per heavy atom. The van der Waals surface area contributed by atoms with E-state index in [1.807, 2.05) is 6.92 Å². The van der Waals surface area contributed by atoms with Crippen LogP contribution in [0.25, 0.3) is 39.9 Å². The first-order valence-electron chi connectivity index (χ1n) is 23.0. The van der Waals surface area contributed by atoms with Crippen molar-refractivity contribution >= 4 is 32.5 Å². The molecule has 3 aliphatic rings. The van der Waals surface area contributed by atoms with Crippen molar-refractivity contribution in [2.24, 2.45) is 0 Å². The number of ether oxygens (including phenoxy) is 1. The number of benzene rings is 5. The van der Waals surface area contributed by atoms with Crippen molar-refractivity contribution in [3.8, 4) is 22.5 Å². The van der Waals surface area contributed by atoms with E-state index in [1.165, 1.54) is 127 Å². The molecule has 3 aliphatic heterocycles. The molecule has 0 radical (unpaired) electrons. The Kier molecular flexibility index (Phi) is 20.3. The van der Waals surface area contributed by atoms with Gasteiger partial charge in [0.25, 0.3) is 0 Å². The van der Waals surface area contributed by atoms with Gasteiger partial charge in [-0.05, 0) is 183 Å². The van der Waals surface area contributed by atoms with E-state index in [9.17, 15) is 25.9 Å². The average molecular weight is 964 g/mol. The van der Waals surface area contributed by atoms with Crippen molar-refractivity contribution in [1.82, 2.24) is 4.58 Å². The van der Waals surface area contributed by atoms with Crippen LogP contribution in [0.3, 0.4) is 0 Å². The van der Waals surface area contributed by atoms with E-state index >= 15 is 0 Å². The van der Waals surface area contributed by atoms with Crippen LogP contribution in [0.5, 0.6) is 0 Å². The molecule has 0 N–H and O–H groups in total. The summed E-state index contributed by atoms with van der Waals surface area (Å²) in [7, 11) is -7.33. The third-order valence-electron chi connectivity index (χ3n) is 12.8. The lowest BCUT2D eigenvalue weighted by Gasteiger charge is -2.19. The monoisotopic (exact) mass is 963 g/mol. The van der Waals surface area contributed by atoms with Crippen molar-refractivity contribution in [2.45, 2.75) is 88.0 Å². The van der Waals surface area contributed by atoms with Crippen LogP contribution in [-0.2, 0) is 17.6 Å². The summed E-state index contributed by atoms with van der Waals surface area (Å²) in [5.41, 5.74) is 20.5. The van der Waals surface area contributed by atoms with Crippen molar-refractivity contribution < 1.29 is 44.5 Å². The Morgan fingerprint density at radius 1 is 0.486 bits per heavy atom. The molecule has 0 unspecified atom stereocenters. The number of halogens is 8. The molecule has 4 heterocycles. The van der Waals surface area contributed by atoms with Gasteiger partial charge in [-0.25, -0.2) is 8.99 Å². The van der Waals surface area contributed by atoms with E-state index in [0.29, 0.717) is 0 Å². The first-order chi connectivity index (χ1) is 32.3. The van der Waals surface area contributed by atoms with Gasteiger partial charge in [0, 0.05) is 41.2 Å². The van der Waals surface area contributed by atoms with Gasteiger partial charge in [-0.2, -0.15) is 0 Å². The Bertz CT molecular complexity index is 2920. The molecule has 9 rings (SSSR count). The zero-order valence-electron chi connectivity index (χ0n) is 41.2. The lowest BCUT2D eigenvalue weighted by atomic mass is 9.95. The number of hydrogen-bond acceptors (Lipinski definition) is 1. The maximum atomic E-state index is 9.67. The van der Waals surface area contributed by atoms with Gasteiger partial charge in [-0.3, -0.25) is 25.9 Å². The highest BCUT2D eigenvalue weighted by Gasteiger charge is 2.23. The van der Waals surface area contributed by atoms with E-state index in [-0.39, 0.29) is 9.41 Å². The van der Waals surface area contributed by atoms with Gasteiger partial charge in [-0.15, -0.1) is 0 Å². The van der Waals surface area contributed by atoms with E-state index in [4.69, 9.17) is 9.15 Å². The number of aryl methyl sites for hydroxylation is 11. The molecule has 0 fully saturated rings. The zero-order valence-corrected chi connectivity index (χ0v) is 41.2. The van der Waals surface area contributed by atoms with Gasteiger partial charge >= 0.3 is 26.6 Å². The van der Waals surface area contributed by atoms with Crippen LogP contribution >= 0.6 is 0 Å². The second kappa shape index (κ2) is 25.4. The summed E-state index contributed by atoms with van der Waals surface area (Å²) in [6.07, 6.45) is 13.6. The third kappa shape index (κ3) is 15.0. The van der Waals surface area contributed by atoms with E-state index in [2.05, 4.69) is 181 Å². The molecule has 0 atom stereocenters. The predicted molar refractivity (Wildman–Crippen MR) is 271 cm³/mol. The maximum Gasteiger partial charge on any atom is 0.762 e. The highest BCUT2D eigenvalue weighted by Crippen LogP contribution is 2.34. The number of nitrogens with zero attached hydrogens (tertiary/aromatic N) is 1. The standard InChI is InChI=1S/C35H36NO.C22H23O.2BF3.2FH/c1-23-9-12-28(17-25(23)3)32-21-33(37-34(22-32)29-13-10-24(2)26(4)18-29)14-11-27-19-30-7-5-15-36-16-6-8-31(20-27)35(30)36;1-14-6-8-19(10-16(14)3)21-12-18(5)23-22(13-21)20-9-7-15(2)17(4)11-20;2*2-1(3)4;;/h9-14,17-22H,5-8,15-16H2,1-4H3;6-13H,1-5H3;;;2*1H/q2*+1;;;;/p-2. The maximum absolute atomic E-state index is 9.67. The van der Waals surface area contributed by atoms with Crippen molar-refractivity contribution in [3.05, 3.63) is 204 Å². The summed E-state index contributed by atoms with van der Waals surface area (Å²) in [5.74, 6) is 3.61. The average Bonchev–Trinajstić information content (AvgIpc) is 3.29. The van der Waals surface area contributed by atoms with Crippen LogP contribution in [0.15, 0.2) is 125 Å². The number of hydrogen-bond donors (Lipinski definition) is 0. The second-order valence-corrected chi connectivity index (χ2v) is 17.8. The van der Waals surface area contributed by atoms with Gasteiger partial charge in [0.15, 0.2) is 0 Å². The molecule has 1 aromatic heterocycles. The largest absolute Gasteiger partial charge is 1.00 e. The normalized spacial score (nSPS) is 13.6. The Hall–Kier alpha value is -6.49. The van der Waals surface area contributed by atoms with Crippen molar-refractivity contribution in [3.63, 3.8) is 0 Å². The van der Waals surface area contributed by atoms with Gasteiger partial charge in [0.1, 0.15) is 24.6 Å².